The van der Waals surface area contributed by atoms with Gasteiger partial charge in [0.2, 0.25) is 0 Å². The van der Waals surface area contributed by atoms with Crippen molar-refractivity contribution in [3.8, 4) is 0 Å². The summed E-state index contributed by atoms with van der Waals surface area (Å²) < 4.78 is 0. The molecule has 18 heavy (non-hydrogen) atoms. The van der Waals surface area contributed by atoms with Gasteiger partial charge in [0.1, 0.15) is 0 Å². The zero-order valence-corrected chi connectivity index (χ0v) is 10.4. The number of rotatable bonds is 3. The van der Waals surface area contributed by atoms with Crippen LogP contribution in [0.1, 0.15) is 20.7 Å². The molecule has 96 valence electrons. The molecule has 0 aromatic heterocycles. The van der Waals surface area contributed by atoms with Crippen LogP contribution in [0, 0.1) is 0 Å². The van der Waals surface area contributed by atoms with Gasteiger partial charge in [-0.1, -0.05) is 0 Å². The van der Waals surface area contributed by atoms with Gasteiger partial charge in [-0.2, -0.15) is 0 Å². The largest absolute Gasteiger partial charge is 0.397 e. The summed E-state index contributed by atoms with van der Waals surface area (Å²) in [6.07, 6.45) is 0. The number of hydrogen-bond acceptors (Lipinski definition) is 5. The molecular weight excluding hydrogens is 232 g/mol. The summed E-state index contributed by atoms with van der Waals surface area (Å²) in [7, 11) is 3.77. The van der Waals surface area contributed by atoms with Crippen molar-refractivity contribution in [2.24, 2.45) is 0 Å². The van der Waals surface area contributed by atoms with Crippen LogP contribution in [-0.4, -0.2) is 48.8 Å². The van der Waals surface area contributed by atoms with Crippen LogP contribution in [0.3, 0.4) is 0 Å². The lowest BCUT2D eigenvalue weighted by molar-refractivity contribution is 0.0645. The fraction of sp³-hybridized carbons (Fsp3) is 0.333. The summed E-state index contributed by atoms with van der Waals surface area (Å²) in [5.41, 5.74) is 12.6. The maximum Gasteiger partial charge on any atom is 0.261 e. The van der Waals surface area contributed by atoms with E-state index in [2.05, 4.69) is 0 Å². The van der Waals surface area contributed by atoms with E-state index in [0.717, 1.165) is 0 Å². The van der Waals surface area contributed by atoms with Gasteiger partial charge in [0.05, 0.1) is 22.5 Å². The van der Waals surface area contributed by atoms with E-state index >= 15 is 0 Å². The molecule has 2 rings (SSSR count). The number of nitrogen functional groups attached to an aromatic ring is 2. The predicted octanol–water partition coefficient (Wildman–Crippen LogP) is 0.00860. The van der Waals surface area contributed by atoms with E-state index in [0.29, 0.717) is 35.6 Å². The second kappa shape index (κ2) is 4.30. The van der Waals surface area contributed by atoms with E-state index in [1.165, 1.54) is 17.0 Å². The molecule has 0 unspecified atom stereocenters. The Labute approximate surface area is 105 Å². The topological polar surface area (TPSA) is 92.7 Å². The van der Waals surface area contributed by atoms with Crippen LogP contribution in [0.4, 0.5) is 11.4 Å². The molecule has 0 saturated heterocycles. The molecule has 4 N–H and O–H groups in total. The third kappa shape index (κ3) is 1.91. The third-order valence-electron chi connectivity index (χ3n) is 2.95. The average molecular weight is 248 g/mol. The number of benzene rings is 1. The summed E-state index contributed by atoms with van der Waals surface area (Å²) in [5.74, 6) is -0.605. The normalized spacial score (nSPS) is 14.5. The summed E-state index contributed by atoms with van der Waals surface area (Å²) in [4.78, 5) is 27.3. The van der Waals surface area contributed by atoms with Crippen molar-refractivity contribution in [2.45, 2.75) is 0 Å². The number of nitrogens with zero attached hydrogens (tertiary/aromatic N) is 2. The Hall–Kier alpha value is -2.08. The number of nitrogens with two attached hydrogens (primary N) is 2. The monoisotopic (exact) mass is 248 g/mol. The van der Waals surface area contributed by atoms with Gasteiger partial charge in [-0.25, -0.2) is 0 Å². The van der Waals surface area contributed by atoms with Gasteiger partial charge in [0, 0.05) is 13.1 Å². The Kier molecular flexibility index (Phi) is 2.96. The van der Waals surface area contributed by atoms with Crippen molar-refractivity contribution in [2.75, 3.05) is 38.7 Å². The number of anilines is 2. The molecule has 6 nitrogen and oxygen atoms in total. The SMILES string of the molecule is CN(C)CCN1C(=O)c2cc(N)c(N)cc2C1=O. The molecule has 0 saturated carbocycles. The van der Waals surface area contributed by atoms with Gasteiger partial charge in [0.15, 0.2) is 0 Å². The fourth-order valence-electron chi connectivity index (χ4n) is 1.87. The highest BCUT2D eigenvalue weighted by atomic mass is 16.2. The highest BCUT2D eigenvalue weighted by molar-refractivity contribution is 6.22. The molecule has 1 heterocycles. The first-order valence-electron chi connectivity index (χ1n) is 5.61. The van der Waals surface area contributed by atoms with Gasteiger partial charge >= 0.3 is 0 Å². The zero-order valence-electron chi connectivity index (χ0n) is 10.4. The van der Waals surface area contributed by atoms with Crippen LogP contribution in [0.25, 0.3) is 0 Å². The fourth-order valence-corrected chi connectivity index (χ4v) is 1.87. The first-order valence-corrected chi connectivity index (χ1v) is 5.61. The van der Waals surface area contributed by atoms with Crippen molar-refractivity contribution >= 4 is 23.2 Å². The van der Waals surface area contributed by atoms with Crippen LogP contribution in [0.15, 0.2) is 12.1 Å². The van der Waals surface area contributed by atoms with E-state index in [1.54, 1.807) is 0 Å². The van der Waals surface area contributed by atoms with Crippen LogP contribution >= 0.6 is 0 Å². The van der Waals surface area contributed by atoms with Crippen molar-refractivity contribution in [1.82, 2.24) is 9.80 Å². The first-order chi connectivity index (χ1) is 8.41. The van der Waals surface area contributed by atoms with Crippen molar-refractivity contribution in [3.05, 3.63) is 23.3 Å². The lowest BCUT2D eigenvalue weighted by atomic mass is 10.1. The average Bonchev–Trinajstić information content (AvgIpc) is 2.51. The smallest absolute Gasteiger partial charge is 0.261 e. The molecule has 0 aliphatic carbocycles. The standard InChI is InChI=1S/C12H16N4O2/c1-15(2)3-4-16-11(17)7-5-9(13)10(14)6-8(7)12(16)18/h5-6H,3-4,13-14H2,1-2H3. The van der Waals surface area contributed by atoms with E-state index < -0.39 is 0 Å². The second-order valence-electron chi connectivity index (χ2n) is 4.59. The van der Waals surface area contributed by atoms with Crippen LogP contribution in [0.2, 0.25) is 0 Å². The van der Waals surface area contributed by atoms with Gasteiger partial charge in [-0.3, -0.25) is 14.5 Å². The summed E-state index contributed by atoms with van der Waals surface area (Å²) >= 11 is 0. The number of hydrogen-bond donors (Lipinski definition) is 2. The van der Waals surface area contributed by atoms with Gasteiger partial charge in [0.25, 0.3) is 11.8 Å². The maximum absolute atomic E-state index is 12.1. The van der Waals surface area contributed by atoms with Gasteiger partial charge in [-0.05, 0) is 26.2 Å². The molecule has 1 aromatic carbocycles. The molecule has 1 aliphatic heterocycles. The number of carbonyl (C=O) groups is 2. The summed E-state index contributed by atoms with van der Waals surface area (Å²) in [6, 6.07) is 2.95. The lowest BCUT2D eigenvalue weighted by Crippen LogP contribution is -2.35. The third-order valence-corrected chi connectivity index (χ3v) is 2.95. The van der Waals surface area contributed by atoms with E-state index in [1.807, 2.05) is 19.0 Å². The Morgan fingerprint density at radius 1 is 1.06 bits per heavy atom. The molecular formula is C12H16N4O2. The van der Waals surface area contributed by atoms with E-state index in [9.17, 15) is 9.59 Å². The van der Waals surface area contributed by atoms with Crippen molar-refractivity contribution in [3.63, 3.8) is 0 Å². The maximum atomic E-state index is 12.1. The Balaban J connectivity index is 2.32. The van der Waals surface area contributed by atoms with Crippen LogP contribution in [-0.2, 0) is 0 Å². The zero-order chi connectivity index (χ0) is 13.4. The van der Waals surface area contributed by atoms with Crippen molar-refractivity contribution < 1.29 is 9.59 Å². The second-order valence-corrected chi connectivity index (χ2v) is 4.59. The molecule has 0 atom stereocenters. The number of amides is 2. The van der Waals surface area contributed by atoms with Crippen LogP contribution < -0.4 is 11.5 Å². The van der Waals surface area contributed by atoms with E-state index in [-0.39, 0.29) is 11.8 Å². The highest BCUT2D eigenvalue weighted by Gasteiger charge is 2.35. The molecule has 1 aliphatic rings. The number of fused-ring (bicyclic) bond motifs is 1. The molecule has 6 heteroatoms. The molecule has 1 aromatic rings. The Bertz CT molecular complexity index is 484. The highest BCUT2D eigenvalue weighted by Crippen LogP contribution is 2.28. The minimum Gasteiger partial charge on any atom is -0.397 e. The number of imide groups is 1. The predicted molar refractivity (Wildman–Crippen MR) is 69.2 cm³/mol. The minimum absolute atomic E-state index is 0.302. The summed E-state index contributed by atoms with van der Waals surface area (Å²) in [5, 5.41) is 0. The Morgan fingerprint density at radius 3 is 1.89 bits per heavy atom. The first kappa shape index (κ1) is 12.4. The molecule has 0 bridgehead atoms. The quantitative estimate of drug-likeness (QED) is 0.580. The van der Waals surface area contributed by atoms with Crippen LogP contribution in [0.5, 0.6) is 0 Å². The van der Waals surface area contributed by atoms with Gasteiger partial charge in [-0.15, -0.1) is 0 Å². The van der Waals surface area contributed by atoms with E-state index in [4.69, 9.17) is 11.5 Å². The molecule has 0 radical (unpaired) electrons. The van der Waals surface area contributed by atoms with Crippen molar-refractivity contribution in [1.29, 1.82) is 0 Å². The van der Waals surface area contributed by atoms with Gasteiger partial charge < -0.3 is 16.4 Å². The lowest BCUT2D eigenvalue weighted by Gasteiger charge is -2.16. The Morgan fingerprint density at radius 2 is 1.50 bits per heavy atom. The molecule has 0 spiro atoms. The number of carbonyl (C=O) groups excluding carboxylic acids is 2. The molecule has 2 amide bonds. The summed E-state index contributed by atoms with van der Waals surface area (Å²) in [6.45, 7) is 0.982. The minimum atomic E-state index is -0.302. The number of likely N-dealkylation sites (N-methyl/N-ethyl adjacent to an activating group) is 1. The molecule has 0 fully saturated rings.